The van der Waals surface area contributed by atoms with E-state index in [1.54, 1.807) is 21.3 Å². The van der Waals surface area contributed by atoms with Crippen molar-refractivity contribution in [2.24, 2.45) is 0 Å². The molecular formula is C24H51NO6Si2. The van der Waals surface area contributed by atoms with Crippen LogP contribution in [0.2, 0.25) is 12.1 Å². The molecule has 0 aliphatic heterocycles. The highest BCUT2D eigenvalue weighted by Crippen LogP contribution is 2.23. The fourth-order valence-electron chi connectivity index (χ4n) is 3.83. The van der Waals surface area contributed by atoms with E-state index in [9.17, 15) is 0 Å². The molecule has 0 bridgehead atoms. The predicted octanol–water partition coefficient (Wildman–Crippen LogP) is 5.30. The molecule has 9 heteroatoms. The summed E-state index contributed by atoms with van der Waals surface area (Å²) in [6.45, 7) is 15.6. The van der Waals surface area contributed by atoms with Crippen molar-refractivity contribution in [3.05, 3.63) is 23.8 Å². The van der Waals surface area contributed by atoms with E-state index in [0.29, 0.717) is 19.8 Å². The molecule has 0 radical (unpaired) electrons. The lowest BCUT2D eigenvalue weighted by molar-refractivity contribution is 0.0708. The summed E-state index contributed by atoms with van der Waals surface area (Å²) in [7, 11) is 0.238. The Morgan fingerprint density at radius 1 is 0.758 bits per heavy atom. The van der Waals surface area contributed by atoms with Crippen molar-refractivity contribution in [1.29, 1.82) is 0 Å². The molecule has 1 aliphatic carbocycles. The number of allylic oxidation sites excluding steroid dienone is 4. The second-order valence-corrected chi connectivity index (χ2v) is 13.5. The Bertz CT molecular complexity index is 500. The van der Waals surface area contributed by atoms with Crippen molar-refractivity contribution in [2.75, 3.05) is 60.8 Å². The molecule has 0 unspecified atom stereocenters. The summed E-state index contributed by atoms with van der Waals surface area (Å²) in [6.07, 6.45) is 10.9. The third-order valence-electron chi connectivity index (χ3n) is 5.71. The van der Waals surface area contributed by atoms with Crippen LogP contribution in [0.25, 0.3) is 0 Å². The number of nitrogens with zero attached hydrogens (tertiary/aromatic N) is 1. The predicted molar refractivity (Wildman–Crippen MR) is 141 cm³/mol. The van der Waals surface area contributed by atoms with Gasteiger partial charge in [0.25, 0.3) is 0 Å². The summed E-state index contributed by atoms with van der Waals surface area (Å²) in [5.74, 6) is 0. The van der Waals surface area contributed by atoms with Gasteiger partial charge in [0.15, 0.2) is 0 Å². The van der Waals surface area contributed by atoms with Crippen LogP contribution in [0, 0.1) is 0 Å². The molecule has 0 aromatic carbocycles. The Hall–Kier alpha value is -0.366. The zero-order valence-corrected chi connectivity index (χ0v) is 24.6. The minimum Gasteiger partial charge on any atom is -0.377 e. The van der Waals surface area contributed by atoms with Crippen LogP contribution >= 0.6 is 0 Å². The quantitative estimate of drug-likeness (QED) is 0.221. The average molecular weight is 506 g/mol. The first-order valence-electron chi connectivity index (χ1n) is 12.6. The second kappa shape index (κ2) is 19.9. The lowest BCUT2D eigenvalue weighted by Gasteiger charge is -2.28. The maximum Gasteiger partial charge on any atom is 0.500 e. The first-order chi connectivity index (χ1) is 15.9. The molecule has 0 saturated heterocycles. The molecule has 0 amide bonds. The zero-order chi connectivity index (χ0) is 25.0. The van der Waals surface area contributed by atoms with E-state index in [4.69, 9.17) is 26.6 Å². The van der Waals surface area contributed by atoms with Crippen LogP contribution < -0.4 is 0 Å². The summed E-state index contributed by atoms with van der Waals surface area (Å²) in [5.41, 5.74) is 1.50. The standard InChI is InChI=1S/C14H26O3Si.C10H25NO3Si/c1-4-15-18(16-5-2,17-6-3)13-9-12-14-10-7-8-11-14;1-6-11(7-2)9-8-10-15(12-3,13-4)14-5/h7-8,10H,4-6,9,11-13H2,1-3H3;6-10H2,1-5H3. The summed E-state index contributed by atoms with van der Waals surface area (Å²) >= 11 is 0. The average Bonchev–Trinajstić information content (AvgIpc) is 3.34. The van der Waals surface area contributed by atoms with Crippen molar-refractivity contribution in [1.82, 2.24) is 4.90 Å². The first-order valence-corrected chi connectivity index (χ1v) is 16.4. The van der Waals surface area contributed by atoms with Gasteiger partial charge in [-0.15, -0.1) is 0 Å². The molecule has 7 nitrogen and oxygen atoms in total. The molecule has 33 heavy (non-hydrogen) atoms. The van der Waals surface area contributed by atoms with Gasteiger partial charge in [0.1, 0.15) is 0 Å². The smallest absolute Gasteiger partial charge is 0.377 e. The van der Waals surface area contributed by atoms with Crippen molar-refractivity contribution in [2.45, 2.75) is 72.4 Å². The van der Waals surface area contributed by atoms with Crippen LogP contribution in [-0.4, -0.2) is 83.3 Å². The molecular weight excluding hydrogens is 454 g/mol. The van der Waals surface area contributed by atoms with Gasteiger partial charge < -0.3 is 31.5 Å². The van der Waals surface area contributed by atoms with Gasteiger partial charge in [-0.25, -0.2) is 0 Å². The van der Waals surface area contributed by atoms with Crippen LogP contribution in [0.15, 0.2) is 23.8 Å². The van der Waals surface area contributed by atoms with Gasteiger partial charge >= 0.3 is 17.6 Å². The Kier molecular flexibility index (Phi) is 19.7. The molecule has 0 aromatic rings. The van der Waals surface area contributed by atoms with Crippen LogP contribution in [0.4, 0.5) is 0 Å². The molecule has 0 aromatic heterocycles. The second-order valence-electron chi connectivity index (χ2n) is 7.72. The minimum atomic E-state index is -2.42. The van der Waals surface area contributed by atoms with Crippen molar-refractivity contribution in [3.63, 3.8) is 0 Å². The first kappa shape index (κ1) is 32.6. The number of hydrogen-bond acceptors (Lipinski definition) is 7. The van der Waals surface area contributed by atoms with Crippen molar-refractivity contribution >= 4 is 17.6 Å². The highest BCUT2D eigenvalue weighted by atomic mass is 28.4. The monoisotopic (exact) mass is 505 g/mol. The van der Waals surface area contributed by atoms with Crippen LogP contribution in [0.3, 0.4) is 0 Å². The van der Waals surface area contributed by atoms with Gasteiger partial charge in [-0.05, 0) is 66.1 Å². The molecule has 0 saturated carbocycles. The van der Waals surface area contributed by atoms with E-state index in [0.717, 1.165) is 57.4 Å². The fraction of sp³-hybridized carbons (Fsp3) is 0.833. The summed E-state index contributed by atoms with van der Waals surface area (Å²) < 4.78 is 33.6. The van der Waals surface area contributed by atoms with Crippen LogP contribution in [-0.2, 0) is 26.6 Å². The largest absolute Gasteiger partial charge is 0.500 e. The van der Waals surface area contributed by atoms with E-state index < -0.39 is 17.6 Å². The Morgan fingerprint density at radius 2 is 1.27 bits per heavy atom. The van der Waals surface area contributed by atoms with E-state index in [-0.39, 0.29) is 0 Å². The lowest BCUT2D eigenvalue weighted by atomic mass is 10.1. The summed E-state index contributed by atoms with van der Waals surface area (Å²) in [4.78, 5) is 2.39. The van der Waals surface area contributed by atoms with E-state index >= 15 is 0 Å². The van der Waals surface area contributed by atoms with Crippen molar-refractivity contribution < 1.29 is 26.6 Å². The molecule has 0 N–H and O–H groups in total. The van der Waals surface area contributed by atoms with Gasteiger partial charge in [-0.1, -0.05) is 37.6 Å². The molecule has 0 spiro atoms. The third kappa shape index (κ3) is 13.3. The van der Waals surface area contributed by atoms with Gasteiger partial charge in [0, 0.05) is 53.2 Å². The highest BCUT2D eigenvalue weighted by molar-refractivity contribution is 6.61. The maximum atomic E-state index is 5.83. The summed E-state index contributed by atoms with van der Waals surface area (Å²) in [5, 5.41) is 0. The van der Waals surface area contributed by atoms with Crippen molar-refractivity contribution in [3.8, 4) is 0 Å². The van der Waals surface area contributed by atoms with Gasteiger partial charge in [0.2, 0.25) is 0 Å². The van der Waals surface area contributed by atoms with E-state index in [1.807, 2.05) is 20.8 Å². The number of hydrogen-bond donors (Lipinski definition) is 0. The van der Waals surface area contributed by atoms with Crippen LogP contribution in [0.5, 0.6) is 0 Å². The Labute approximate surface area is 206 Å². The molecule has 0 atom stereocenters. The fourth-order valence-corrected chi connectivity index (χ4v) is 8.14. The normalized spacial score (nSPS) is 13.9. The molecule has 0 fully saturated rings. The molecule has 1 aliphatic rings. The van der Waals surface area contributed by atoms with E-state index in [2.05, 4.69) is 37.0 Å². The van der Waals surface area contributed by atoms with Gasteiger partial charge in [0.05, 0.1) is 0 Å². The molecule has 196 valence electrons. The Balaban J connectivity index is 0.000000633. The van der Waals surface area contributed by atoms with Gasteiger partial charge in [-0.3, -0.25) is 0 Å². The molecule has 1 rings (SSSR count). The molecule has 0 heterocycles. The third-order valence-corrected chi connectivity index (χ3v) is 11.7. The summed E-state index contributed by atoms with van der Waals surface area (Å²) in [6, 6.07) is 1.80. The van der Waals surface area contributed by atoms with Crippen LogP contribution in [0.1, 0.15) is 60.3 Å². The number of rotatable bonds is 19. The highest BCUT2D eigenvalue weighted by Gasteiger charge is 2.39. The minimum absolute atomic E-state index is 0.663. The lowest BCUT2D eigenvalue weighted by Crippen LogP contribution is -2.45. The SMILES string of the molecule is CCN(CC)CCC[Si](OC)(OC)OC.CCO[Si](CCCC1=CC=CC1)(OCC)OCC. The van der Waals surface area contributed by atoms with E-state index in [1.165, 1.54) is 5.57 Å². The zero-order valence-electron chi connectivity index (χ0n) is 22.6. The maximum absolute atomic E-state index is 5.83. The van der Waals surface area contributed by atoms with Gasteiger partial charge in [-0.2, -0.15) is 0 Å². The topological polar surface area (TPSA) is 58.6 Å². The Morgan fingerprint density at radius 3 is 1.67 bits per heavy atom.